The van der Waals surface area contributed by atoms with Crippen LogP contribution >= 0.6 is 0 Å². The second-order valence-electron chi connectivity index (χ2n) is 3.72. The largest absolute Gasteiger partial charge is 0.211 e. The maximum Gasteiger partial charge on any atom is 0.211 e. The van der Waals surface area contributed by atoms with Gasteiger partial charge in [0, 0.05) is 0 Å². The van der Waals surface area contributed by atoms with Crippen molar-refractivity contribution in [3.8, 4) is 0 Å². The molecule has 0 aliphatic heterocycles. The predicted octanol–water partition coefficient (Wildman–Crippen LogP) is 3.61. The molecule has 1 aromatic rings. The summed E-state index contributed by atoms with van der Waals surface area (Å²) in [6, 6.07) is 10.3. The van der Waals surface area contributed by atoms with Gasteiger partial charge in [-0.15, -0.1) is 5.28 Å². The third-order valence-corrected chi connectivity index (χ3v) is 2.85. The molecule has 0 bridgehead atoms. The zero-order valence-corrected chi connectivity index (χ0v) is 11.9. The lowest BCUT2D eigenvalue weighted by Crippen LogP contribution is -1.72. The van der Waals surface area contributed by atoms with Crippen molar-refractivity contribution in [2.75, 3.05) is 0 Å². The molecule has 14 heavy (non-hydrogen) atoms. The molecule has 0 heterocycles. The summed E-state index contributed by atoms with van der Waals surface area (Å²) in [7, 11) is 0. The first kappa shape index (κ1) is 13.8. The van der Waals surface area contributed by atoms with Gasteiger partial charge in [-0.3, -0.25) is 0 Å². The molecular formula is C13H23Al. The molecular weight excluding hydrogens is 183 g/mol. The van der Waals surface area contributed by atoms with E-state index in [1.54, 1.807) is 0 Å². The molecule has 0 N–H and O–H groups in total. The highest BCUT2D eigenvalue weighted by atomic mass is 27.0. The Hall–Kier alpha value is -0.248. The van der Waals surface area contributed by atoms with Crippen LogP contribution < -0.4 is 0 Å². The topological polar surface area (TPSA) is 0 Å². The minimum Gasteiger partial charge on any atom is -0.101 e. The molecule has 1 aromatic carbocycles. The van der Waals surface area contributed by atoms with Gasteiger partial charge in [0.1, 0.15) is 0 Å². The summed E-state index contributed by atoms with van der Waals surface area (Å²) in [6.07, 6.45) is 5.78. The Morgan fingerprint density at radius 1 is 1.00 bits per heavy atom. The molecule has 0 nitrogen and oxygen atoms in total. The van der Waals surface area contributed by atoms with E-state index in [9.17, 15) is 0 Å². The second-order valence-corrected chi connectivity index (χ2v) is 4.72. The lowest BCUT2D eigenvalue weighted by molar-refractivity contribution is 0.701. The fourth-order valence-electron chi connectivity index (χ4n) is 1.21. The number of aryl methyl sites for hydroxylation is 1. The summed E-state index contributed by atoms with van der Waals surface area (Å²) in [5.41, 5.74) is 1.32. The number of hydrogen-bond acceptors (Lipinski definition) is 0. The molecule has 0 aromatic heterocycles. The van der Waals surface area contributed by atoms with Crippen molar-refractivity contribution in [1.29, 1.82) is 0 Å². The monoisotopic (exact) mass is 206 g/mol. The van der Waals surface area contributed by atoms with Gasteiger partial charge in [-0.05, 0) is 6.92 Å². The Labute approximate surface area is 97.2 Å². The second kappa shape index (κ2) is 10.8. The average molecular weight is 206 g/mol. The zero-order valence-electron chi connectivity index (χ0n) is 9.92. The van der Waals surface area contributed by atoms with Crippen LogP contribution in [0.2, 0.25) is 5.28 Å². The van der Waals surface area contributed by atoms with Crippen molar-refractivity contribution in [3.05, 3.63) is 35.9 Å². The van der Waals surface area contributed by atoms with Crippen LogP contribution in [-0.2, 0) is 0 Å². The molecule has 0 saturated carbocycles. The Balaban J connectivity index is 0.000000241. The highest BCUT2D eigenvalue weighted by molar-refractivity contribution is 6.08. The highest BCUT2D eigenvalue weighted by Crippen LogP contribution is 1.99. The van der Waals surface area contributed by atoms with Gasteiger partial charge in [-0.25, -0.2) is 0 Å². The van der Waals surface area contributed by atoms with Gasteiger partial charge in [0.15, 0.2) is 0 Å². The summed E-state index contributed by atoms with van der Waals surface area (Å²) in [4.78, 5) is 0. The number of benzene rings is 1. The van der Waals surface area contributed by atoms with Gasteiger partial charge in [0.25, 0.3) is 0 Å². The van der Waals surface area contributed by atoms with Gasteiger partial charge in [-0.2, -0.15) is 0 Å². The normalized spacial score (nSPS) is 9.00. The van der Waals surface area contributed by atoms with Gasteiger partial charge >= 0.3 is 0 Å². The summed E-state index contributed by atoms with van der Waals surface area (Å²) >= 11 is 1.41. The maximum absolute atomic E-state index is 2.26. The molecule has 1 rings (SSSR count). The van der Waals surface area contributed by atoms with Crippen molar-refractivity contribution < 1.29 is 0 Å². The van der Waals surface area contributed by atoms with Crippen molar-refractivity contribution in [3.63, 3.8) is 0 Å². The van der Waals surface area contributed by atoms with Gasteiger partial charge < -0.3 is 0 Å². The highest BCUT2D eigenvalue weighted by Gasteiger charge is 1.80. The van der Waals surface area contributed by atoms with Crippen molar-refractivity contribution in [2.45, 2.75) is 44.8 Å². The maximum atomic E-state index is 2.26. The van der Waals surface area contributed by atoms with Gasteiger partial charge in [0.2, 0.25) is 16.3 Å². The van der Waals surface area contributed by atoms with E-state index >= 15 is 0 Å². The van der Waals surface area contributed by atoms with Crippen LogP contribution in [0.15, 0.2) is 30.3 Å². The Kier molecular flexibility index (Phi) is 10.6. The number of unbranched alkanes of at least 4 members (excludes halogenated alkanes) is 3. The summed E-state index contributed by atoms with van der Waals surface area (Å²) in [6.45, 7) is 4.34. The molecule has 0 radical (unpaired) electrons. The lowest BCUT2D eigenvalue weighted by Gasteiger charge is -1.90. The predicted molar refractivity (Wildman–Crippen MR) is 68.7 cm³/mol. The van der Waals surface area contributed by atoms with Crippen LogP contribution in [-0.4, -0.2) is 16.3 Å². The zero-order chi connectivity index (χ0) is 10.6. The molecule has 0 aliphatic rings. The van der Waals surface area contributed by atoms with E-state index in [-0.39, 0.29) is 0 Å². The minimum atomic E-state index is 1.32. The molecule has 0 fully saturated rings. The van der Waals surface area contributed by atoms with E-state index in [1.165, 1.54) is 52.8 Å². The van der Waals surface area contributed by atoms with E-state index in [4.69, 9.17) is 0 Å². The summed E-state index contributed by atoms with van der Waals surface area (Å²) < 4.78 is 0. The van der Waals surface area contributed by atoms with E-state index < -0.39 is 0 Å². The van der Waals surface area contributed by atoms with Crippen LogP contribution in [0, 0.1) is 6.92 Å². The van der Waals surface area contributed by atoms with E-state index in [1.807, 2.05) is 18.2 Å². The first-order valence-electron chi connectivity index (χ1n) is 5.82. The number of hydrogen-bond donors (Lipinski definition) is 0. The standard InChI is InChI=1S/C7H8.C6H13.Al.2H/c1-7-5-3-2-4-6-7;1-3-5-6-4-2;;;/h2-6H,1H3;1,3-6H2,2H3;;;. The van der Waals surface area contributed by atoms with Crippen molar-refractivity contribution in [2.24, 2.45) is 0 Å². The first-order valence-corrected chi connectivity index (χ1v) is 7.24. The van der Waals surface area contributed by atoms with Crippen molar-refractivity contribution in [1.82, 2.24) is 0 Å². The average Bonchev–Trinajstić information content (AvgIpc) is 2.21. The van der Waals surface area contributed by atoms with Crippen LogP contribution in [0.5, 0.6) is 0 Å². The Morgan fingerprint density at radius 3 is 2.00 bits per heavy atom. The molecule has 0 unspecified atom stereocenters. The summed E-state index contributed by atoms with van der Waals surface area (Å²) in [5, 5.41) is 1.50. The van der Waals surface area contributed by atoms with E-state index in [2.05, 4.69) is 26.0 Å². The minimum absolute atomic E-state index is 1.32. The fourth-order valence-corrected chi connectivity index (χ4v) is 1.71. The molecule has 0 atom stereocenters. The van der Waals surface area contributed by atoms with Crippen LogP contribution in [0.3, 0.4) is 0 Å². The molecule has 0 spiro atoms. The van der Waals surface area contributed by atoms with Gasteiger partial charge in [-0.1, -0.05) is 68.5 Å². The Bertz CT molecular complexity index is 190. The van der Waals surface area contributed by atoms with E-state index in [0.29, 0.717) is 0 Å². The molecule has 78 valence electrons. The smallest absolute Gasteiger partial charge is 0.101 e. The molecule has 1 heteroatoms. The molecule has 0 aliphatic carbocycles. The summed E-state index contributed by atoms with van der Waals surface area (Å²) in [5.74, 6) is 0. The third-order valence-electron chi connectivity index (χ3n) is 2.15. The van der Waals surface area contributed by atoms with Crippen LogP contribution in [0.4, 0.5) is 0 Å². The van der Waals surface area contributed by atoms with Crippen molar-refractivity contribution >= 4 is 16.3 Å². The van der Waals surface area contributed by atoms with Gasteiger partial charge in [0.05, 0.1) is 0 Å². The fraction of sp³-hybridized carbons (Fsp3) is 0.538. The SMILES string of the molecule is CCCCC[CH2][AlH2].Cc1ccccc1. The van der Waals surface area contributed by atoms with Crippen LogP contribution in [0.1, 0.15) is 38.2 Å². The Morgan fingerprint density at radius 2 is 1.64 bits per heavy atom. The first-order chi connectivity index (χ1) is 6.81. The molecule has 0 saturated heterocycles. The number of rotatable bonds is 4. The quantitative estimate of drug-likeness (QED) is 0.521. The lowest BCUT2D eigenvalue weighted by atomic mass is 10.2. The third kappa shape index (κ3) is 9.84. The van der Waals surface area contributed by atoms with E-state index in [0.717, 1.165) is 0 Å². The molecule has 0 amide bonds. The van der Waals surface area contributed by atoms with Crippen LogP contribution in [0.25, 0.3) is 0 Å².